The van der Waals surface area contributed by atoms with Gasteiger partial charge in [0, 0.05) is 61.1 Å². The summed E-state index contributed by atoms with van der Waals surface area (Å²) in [5.41, 5.74) is 3.20. The van der Waals surface area contributed by atoms with E-state index in [9.17, 15) is 9.18 Å². The van der Waals surface area contributed by atoms with Crippen molar-refractivity contribution in [3.05, 3.63) is 89.9 Å². The van der Waals surface area contributed by atoms with Gasteiger partial charge in [0.1, 0.15) is 11.6 Å². The summed E-state index contributed by atoms with van der Waals surface area (Å²) in [6.07, 6.45) is 5.33. The number of rotatable bonds is 7. The maximum Gasteiger partial charge on any atom is 0.255 e. The highest BCUT2D eigenvalue weighted by Gasteiger charge is 2.25. The molecule has 5 aromatic rings. The summed E-state index contributed by atoms with van der Waals surface area (Å²) in [6, 6.07) is 15.3. The lowest BCUT2D eigenvalue weighted by atomic mass is 10.1. The molecule has 39 heavy (non-hydrogen) atoms. The molecular weight excluding hydrogens is 513 g/mol. The molecule has 1 amide bonds. The van der Waals surface area contributed by atoms with Gasteiger partial charge in [-0.3, -0.25) is 14.8 Å². The van der Waals surface area contributed by atoms with Gasteiger partial charge >= 0.3 is 0 Å². The fourth-order valence-corrected chi connectivity index (χ4v) is 5.48. The molecule has 198 valence electrons. The number of likely N-dealkylation sites (N-methyl/N-ethyl adjacent to an activating group) is 1. The van der Waals surface area contributed by atoms with Gasteiger partial charge in [0.15, 0.2) is 11.2 Å². The standard InChI is InChI=1S/C29H28FN7OS/c1-2-35-11-13-36(14-12-35)26-9-8-22(18-32-26)20-6-7-23-19-37(34-25(23)17-20)27(21-4-3-5-24(30)16-21)28(38)33-29-31-10-15-39-29/h3-10,15-19,27H,2,11-14H2,1H3,(H,31,33,38)/t27-/m1/s1. The molecule has 1 atom stereocenters. The molecule has 8 nitrogen and oxygen atoms in total. The molecule has 0 saturated carbocycles. The van der Waals surface area contributed by atoms with Crippen LogP contribution in [0.15, 0.2) is 78.6 Å². The fourth-order valence-electron chi connectivity index (χ4n) is 4.94. The van der Waals surface area contributed by atoms with E-state index in [4.69, 9.17) is 10.1 Å². The van der Waals surface area contributed by atoms with Crippen LogP contribution in [0.2, 0.25) is 0 Å². The number of benzene rings is 2. The van der Waals surface area contributed by atoms with Gasteiger partial charge in [-0.1, -0.05) is 31.2 Å². The Morgan fingerprint density at radius 2 is 1.90 bits per heavy atom. The molecular formula is C29H28FN7OS. The number of thiazole rings is 1. The van der Waals surface area contributed by atoms with Crippen LogP contribution < -0.4 is 10.2 Å². The Bertz CT molecular complexity index is 1580. The maximum atomic E-state index is 14.1. The summed E-state index contributed by atoms with van der Waals surface area (Å²) >= 11 is 1.32. The van der Waals surface area contributed by atoms with Crippen molar-refractivity contribution < 1.29 is 9.18 Å². The van der Waals surface area contributed by atoms with E-state index in [0.717, 1.165) is 60.6 Å². The minimum atomic E-state index is -0.866. The third kappa shape index (κ3) is 5.39. The number of pyridine rings is 1. The van der Waals surface area contributed by atoms with Crippen molar-refractivity contribution in [3.63, 3.8) is 0 Å². The van der Waals surface area contributed by atoms with Gasteiger partial charge < -0.3 is 9.80 Å². The van der Waals surface area contributed by atoms with Crippen LogP contribution in [0.5, 0.6) is 0 Å². The number of fused-ring (bicyclic) bond motifs is 1. The Kier molecular flexibility index (Phi) is 7.04. The predicted octanol–water partition coefficient (Wildman–Crippen LogP) is 5.06. The molecule has 2 aromatic carbocycles. The SMILES string of the molecule is CCN1CCN(c2ccc(-c3ccc4cn([C@@H](C(=O)Nc5nccs5)c5cccc(F)c5)nc4c3)cn2)CC1. The number of carbonyl (C=O) groups excluding carboxylic acids is 1. The van der Waals surface area contributed by atoms with Crippen LogP contribution in [0.25, 0.3) is 22.0 Å². The van der Waals surface area contributed by atoms with E-state index in [2.05, 4.69) is 39.2 Å². The Morgan fingerprint density at radius 3 is 2.62 bits per heavy atom. The van der Waals surface area contributed by atoms with Crippen LogP contribution in [0.4, 0.5) is 15.3 Å². The number of aromatic nitrogens is 4. The Balaban J connectivity index is 1.28. The van der Waals surface area contributed by atoms with E-state index in [1.807, 2.05) is 30.6 Å². The molecule has 1 fully saturated rings. The lowest BCUT2D eigenvalue weighted by Crippen LogP contribution is -2.46. The van der Waals surface area contributed by atoms with E-state index in [1.165, 1.54) is 23.5 Å². The Morgan fingerprint density at radius 1 is 1.05 bits per heavy atom. The monoisotopic (exact) mass is 541 g/mol. The van der Waals surface area contributed by atoms with Gasteiger partial charge in [0.05, 0.1) is 5.52 Å². The second-order valence-electron chi connectivity index (χ2n) is 9.49. The highest BCUT2D eigenvalue weighted by atomic mass is 32.1. The number of nitrogens with zero attached hydrogens (tertiary/aromatic N) is 6. The third-order valence-electron chi connectivity index (χ3n) is 7.09. The van der Waals surface area contributed by atoms with Gasteiger partial charge in [-0.25, -0.2) is 14.4 Å². The van der Waals surface area contributed by atoms with Crippen LogP contribution in [0.1, 0.15) is 18.5 Å². The minimum Gasteiger partial charge on any atom is -0.354 e. The second kappa shape index (κ2) is 10.9. The summed E-state index contributed by atoms with van der Waals surface area (Å²) in [4.78, 5) is 27.0. The van der Waals surface area contributed by atoms with Crippen molar-refractivity contribution in [3.8, 4) is 11.1 Å². The number of amides is 1. The molecule has 1 aliphatic heterocycles. The lowest BCUT2D eigenvalue weighted by molar-refractivity contribution is -0.118. The third-order valence-corrected chi connectivity index (χ3v) is 7.78. The number of hydrogen-bond donors (Lipinski definition) is 1. The zero-order chi connectivity index (χ0) is 26.8. The first-order valence-corrected chi connectivity index (χ1v) is 13.8. The Hall–Kier alpha value is -4.15. The minimum absolute atomic E-state index is 0.344. The molecule has 1 aliphatic rings. The number of nitrogens with one attached hydrogen (secondary N) is 1. The highest BCUT2D eigenvalue weighted by molar-refractivity contribution is 7.13. The molecule has 4 heterocycles. The molecule has 0 unspecified atom stereocenters. The van der Waals surface area contributed by atoms with Crippen LogP contribution in [0, 0.1) is 5.82 Å². The van der Waals surface area contributed by atoms with E-state index in [1.54, 1.807) is 28.4 Å². The summed E-state index contributed by atoms with van der Waals surface area (Å²) in [6.45, 7) is 7.34. The molecule has 1 N–H and O–H groups in total. The van der Waals surface area contributed by atoms with Crippen LogP contribution in [-0.4, -0.2) is 63.3 Å². The number of anilines is 2. The van der Waals surface area contributed by atoms with Crippen molar-refractivity contribution in [1.29, 1.82) is 0 Å². The average Bonchev–Trinajstić information content (AvgIpc) is 3.63. The first kappa shape index (κ1) is 25.1. The van der Waals surface area contributed by atoms with Crippen molar-refractivity contribution in [2.45, 2.75) is 13.0 Å². The normalized spacial score (nSPS) is 15.0. The smallest absolute Gasteiger partial charge is 0.255 e. The molecule has 0 radical (unpaired) electrons. The number of carbonyl (C=O) groups is 1. The van der Waals surface area contributed by atoms with E-state index in [0.29, 0.717) is 10.7 Å². The van der Waals surface area contributed by atoms with E-state index in [-0.39, 0.29) is 5.91 Å². The molecule has 0 bridgehead atoms. The topological polar surface area (TPSA) is 79.2 Å². The Labute approximate surface area is 229 Å². The lowest BCUT2D eigenvalue weighted by Gasteiger charge is -2.34. The van der Waals surface area contributed by atoms with Gasteiger partial charge in [0.25, 0.3) is 5.91 Å². The largest absolute Gasteiger partial charge is 0.354 e. The second-order valence-corrected chi connectivity index (χ2v) is 10.4. The van der Waals surface area contributed by atoms with Gasteiger partial charge in [-0.15, -0.1) is 11.3 Å². The molecule has 10 heteroatoms. The number of piperazine rings is 1. The molecule has 3 aromatic heterocycles. The summed E-state index contributed by atoms with van der Waals surface area (Å²) in [5, 5.41) is 10.7. The molecule has 6 rings (SSSR count). The van der Waals surface area contributed by atoms with Gasteiger partial charge in [-0.2, -0.15) is 5.10 Å². The van der Waals surface area contributed by atoms with Crippen molar-refractivity contribution >= 4 is 39.1 Å². The zero-order valence-corrected chi connectivity index (χ0v) is 22.3. The fraction of sp³-hybridized carbons (Fsp3) is 0.241. The quantitative estimate of drug-likeness (QED) is 0.310. The summed E-state index contributed by atoms with van der Waals surface area (Å²) in [5.74, 6) is 0.230. The van der Waals surface area contributed by atoms with Crippen LogP contribution in [-0.2, 0) is 4.79 Å². The van der Waals surface area contributed by atoms with Crippen molar-refractivity contribution in [2.24, 2.45) is 0 Å². The summed E-state index contributed by atoms with van der Waals surface area (Å²) < 4.78 is 15.7. The highest BCUT2D eigenvalue weighted by Crippen LogP contribution is 2.28. The number of hydrogen-bond acceptors (Lipinski definition) is 7. The van der Waals surface area contributed by atoms with E-state index >= 15 is 0 Å². The average molecular weight is 542 g/mol. The van der Waals surface area contributed by atoms with Crippen molar-refractivity contribution in [2.75, 3.05) is 42.9 Å². The predicted molar refractivity (Wildman–Crippen MR) is 153 cm³/mol. The van der Waals surface area contributed by atoms with Crippen LogP contribution in [0.3, 0.4) is 0 Å². The van der Waals surface area contributed by atoms with Gasteiger partial charge in [0.2, 0.25) is 0 Å². The zero-order valence-electron chi connectivity index (χ0n) is 21.5. The molecule has 1 saturated heterocycles. The van der Waals surface area contributed by atoms with Crippen LogP contribution >= 0.6 is 11.3 Å². The molecule has 0 spiro atoms. The first-order valence-electron chi connectivity index (χ1n) is 13.0. The van der Waals surface area contributed by atoms with Gasteiger partial charge in [-0.05, 0) is 48.0 Å². The first-order chi connectivity index (χ1) is 19.1. The van der Waals surface area contributed by atoms with Crippen molar-refractivity contribution in [1.82, 2.24) is 24.6 Å². The maximum absolute atomic E-state index is 14.1. The van der Waals surface area contributed by atoms with E-state index < -0.39 is 11.9 Å². The number of halogens is 1. The molecule has 0 aliphatic carbocycles. The summed E-state index contributed by atoms with van der Waals surface area (Å²) in [7, 11) is 0.